The molecule has 0 aromatic carbocycles. The second-order valence-corrected chi connectivity index (χ2v) is 4.05. The van der Waals surface area contributed by atoms with E-state index in [9.17, 15) is 9.59 Å². The summed E-state index contributed by atoms with van der Waals surface area (Å²) >= 11 is 0. The van der Waals surface area contributed by atoms with Crippen molar-refractivity contribution < 1.29 is 9.59 Å². The maximum atomic E-state index is 11.5. The van der Waals surface area contributed by atoms with Gasteiger partial charge in [0.2, 0.25) is 5.91 Å². The molecule has 1 aliphatic rings. The zero-order chi connectivity index (χ0) is 12.0. The van der Waals surface area contributed by atoms with Crippen molar-refractivity contribution in [2.45, 2.75) is 25.8 Å². The molecular formula is C10H20N4O2. The third kappa shape index (κ3) is 4.16. The van der Waals surface area contributed by atoms with Crippen molar-refractivity contribution in [3.8, 4) is 0 Å². The zero-order valence-corrected chi connectivity index (χ0v) is 9.88. The second kappa shape index (κ2) is 6.44. The van der Waals surface area contributed by atoms with Crippen LogP contribution in [0.3, 0.4) is 0 Å². The van der Waals surface area contributed by atoms with Crippen LogP contribution in [0.4, 0.5) is 0 Å². The van der Waals surface area contributed by atoms with E-state index in [1.807, 2.05) is 7.05 Å². The van der Waals surface area contributed by atoms with E-state index >= 15 is 0 Å². The Morgan fingerprint density at radius 3 is 2.75 bits per heavy atom. The summed E-state index contributed by atoms with van der Waals surface area (Å²) in [7, 11) is 1.91. The van der Waals surface area contributed by atoms with Crippen LogP contribution in [-0.2, 0) is 9.59 Å². The fraction of sp³-hybridized carbons (Fsp3) is 0.800. The number of hydrogen-bond donors (Lipinski definition) is 3. The van der Waals surface area contributed by atoms with Gasteiger partial charge in [0, 0.05) is 19.5 Å². The molecule has 1 atom stereocenters. The Balaban J connectivity index is 2.29. The molecule has 16 heavy (non-hydrogen) atoms. The highest BCUT2D eigenvalue weighted by Gasteiger charge is 2.25. The molecule has 0 aromatic heterocycles. The number of carbonyl (C=O) groups is 2. The molecule has 6 nitrogen and oxygen atoms in total. The lowest BCUT2D eigenvalue weighted by Gasteiger charge is -2.23. The number of amides is 2. The Kier molecular flexibility index (Phi) is 5.21. The number of hydrogen-bond acceptors (Lipinski definition) is 4. The van der Waals surface area contributed by atoms with Gasteiger partial charge in [0.15, 0.2) is 0 Å². The lowest BCUT2D eigenvalue weighted by atomic mass is 10.2. The molecule has 0 bridgehead atoms. The molecule has 0 aliphatic carbocycles. The van der Waals surface area contributed by atoms with Crippen molar-refractivity contribution in [2.75, 3.05) is 26.7 Å². The number of hydrazine groups is 1. The number of nitrogens with zero attached hydrogens (tertiary/aromatic N) is 1. The first kappa shape index (κ1) is 12.9. The molecule has 3 N–H and O–H groups in total. The van der Waals surface area contributed by atoms with Gasteiger partial charge in [-0.25, -0.2) is 0 Å². The van der Waals surface area contributed by atoms with Gasteiger partial charge in [-0.15, -0.1) is 0 Å². The number of likely N-dealkylation sites (tertiary alicyclic amines) is 1. The first-order chi connectivity index (χ1) is 7.63. The van der Waals surface area contributed by atoms with E-state index in [1.54, 1.807) is 0 Å². The van der Waals surface area contributed by atoms with E-state index in [0.717, 1.165) is 25.9 Å². The van der Waals surface area contributed by atoms with Gasteiger partial charge >= 0.3 is 0 Å². The zero-order valence-electron chi connectivity index (χ0n) is 9.88. The molecule has 1 fully saturated rings. The van der Waals surface area contributed by atoms with Crippen LogP contribution in [0.1, 0.15) is 19.8 Å². The average molecular weight is 228 g/mol. The van der Waals surface area contributed by atoms with Gasteiger partial charge < -0.3 is 5.32 Å². The van der Waals surface area contributed by atoms with Gasteiger partial charge in [0.05, 0.1) is 6.54 Å². The molecule has 2 amide bonds. The third-order valence-corrected chi connectivity index (χ3v) is 2.66. The van der Waals surface area contributed by atoms with Crippen molar-refractivity contribution in [2.24, 2.45) is 0 Å². The molecule has 0 aromatic rings. The first-order valence-corrected chi connectivity index (χ1v) is 5.57. The minimum atomic E-state index is -0.262. The van der Waals surface area contributed by atoms with Gasteiger partial charge in [0.1, 0.15) is 0 Å². The van der Waals surface area contributed by atoms with Crippen LogP contribution in [0.25, 0.3) is 0 Å². The van der Waals surface area contributed by atoms with Gasteiger partial charge in [-0.2, -0.15) is 0 Å². The smallest absolute Gasteiger partial charge is 0.252 e. The molecule has 92 valence electrons. The first-order valence-electron chi connectivity index (χ1n) is 5.57. The predicted molar refractivity (Wildman–Crippen MR) is 60.5 cm³/mol. The molecule has 0 saturated carbocycles. The minimum absolute atomic E-state index is 0.168. The normalized spacial score (nSPS) is 20.8. The Morgan fingerprint density at radius 2 is 2.12 bits per heavy atom. The van der Waals surface area contributed by atoms with Crippen molar-refractivity contribution in [3.05, 3.63) is 0 Å². The lowest BCUT2D eigenvalue weighted by Crippen LogP contribution is -2.48. The predicted octanol–water partition coefficient (Wildman–Crippen LogP) is -1.16. The molecule has 1 rings (SSSR count). The lowest BCUT2D eigenvalue weighted by molar-refractivity contribution is -0.128. The third-order valence-electron chi connectivity index (χ3n) is 2.66. The summed E-state index contributed by atoms with van der Waals surface area (Å²) in [6, 6.07) is 0.424. The highest BCUT2D eigenvalue weighted by atomic mass is 16.2. The highest BCUT2D eigenvalue weighted by Crippen LogP contribution is 2.15. The molecule has 6 heteroatoms. The summed E-state index contributed by atoms with van der Waals surface area (Å²) in [5.41, 5.74) is 4.66. The molecular weight excluding hydrogens is 208 g/mol. The van der Waals surface area contributed by atoms with Gasteiger partial charge in [-0.1, -0.05) is 0 Å². The van der Waals surface area contributed by atoms with Crippen LogP contribution in [0, 0.1) is 0 Å². The molecule has 0 spiro atoms. The highest BCUT2D eigenvalue weighted by molar-refractivity contribution is 5.81. The summed E-state index contributed by atoms with van der Waals surface area (Å²) in [4.78, 5) is 24.2. The summed E-state index contributed by atoms with van der Waals surface area (Å²) in [5, 5.41) is 3.12. The van der Waals surface area contributed by atoms with Crippen molar-refractivity contribution in [1.82, 2.24) is 21.1 Å². The second-order valence-electron chi connectivity index (χ2n) is 4.05. The van der Waals surface area contributed by atoms with Crippen LogP contribution in [0.5, 0.6) is 0 Å². The number of likely N-dealkylation sites (N-methyl/N-ethyl adjacent to an activating group) is 1. The number of rotatable bonds is 4. The summed E-state index contributed by atoms with van der Waals surface area (Å²) < 4.78 is 0. The van der Waals surface area contributed by atoms with Crippen LogP contribution in [-0.4, -0.2) is 49.4 Å². The quantitative estimate of drug-likeness (QED) is 0.531. The van der Waals surface area contributed by atoms with Gasteiger partial charge in [0.25, 0.3) is 5.91 Å². The van der Waals surface area contributed by atoms with Crippen LogP contribution in [0.15, 0.2) is 0 Å². The van der Waals surface area contributed by atoms with Gasteiger partial charge in [-0.3, -0.25) is 25.3 Å². The molecule has 1 saturated heterocycles. The topological polar surface area (TPSA) is 73.5 Å². The Bertz CT molecular complexity index is 257. The van der Waals surface area contributed by atoms with Crippen LogP contribution < -0.4 is 16.2 Å². The minimum Gasteiger partial charge on any atom is -0.318 e. The maximum Gasteiger partial charge on any atom is 0.252 e. The maximum absolute atomic E-state index is 11.5. The standard InChI is InChI=1S/C10H20N4O2/c1-8(15)12-13-10(16)7-14-5-3-4-9(14)6-11-2/h9,11H,3-7H2,1-2H3,(H,12,15)(H,13,16). The Hall–Kier alpha value is -1.14. The molecule has 1 heterocycles. The summed E-state index contributed by atoms with van der Waals surface area (Å²) in [6.07, 6.45) is 2.24. The van der Waals surface area contributed by atoms with E-state index in [1.165, 1.54) is 6.92 Å². The monoisotopic (exact) mass is 228 g/mol. The SMILES string of the molecule is CNCC1CCCN1CC(=O)NNC(C)=O. The fourth-order valence-corrected chi connectivity index (χ4v) is 1.95. The largest absolute Gasteiger partial charge is 0.318 e. The summed E-state index contributed by atoms with van der Waals surface area (Å²) in [5.74, 6) is -0.431. The number of carbonyl (C=O) groups excluding carboxylic acids is 2. The van der Waals surface area contributed by atoms with E-state index in [0.29, 0.717) is 12.6 Å². The van der Waals surface area contributed by atoms with Crippen molar-refractivity contribution in [1.29, 1.82) is 0 Å². The van der Waals surface area contributed by atoms with E-state index in [-0.39, 0.29) is 11.8 Å². The van der Waals surface area contributed by atoms with E-state index < -0.39 is 0 Å². The van der Waals surface area contributed by atoms with E-state index in [2.05, 4.69) is 21.1 Å². The van der Waals surface area contributed by atoms with Crippen molar-refractivity contribution >= 4 is 11.8 Å². The Labute approximate surface area is 95.7 Å². The molecule has 1 unspecified atom stereocenters. The fourth-order valence-electron chi connectivity index (χ4n) is 1.95. The van der Waals surface area contributed by atoms with E-state index in [4.69, 9.17) is 0 Å². The molecule has 1 aliphatic heterocycles. The van der Waals surface area contributed by atoms with Crippen LogP contribution >= 0.6 is 0 Å². The van der Waals surface area contributed by atoms with Crippen molar-refractivity contribution in [3.63, 3.8) is 0 Å². The van der Waals surface area contributed by atoms with Crippen LogP contribution in [0.2, 0.25) is 0 Å². The average Bonchev–Trinajstić information content (AvgIpc) is 2.63. The summed E-state index contributed by atoms with van der Waals surface area (Å²) in [6.45, 7) is 3.54. The van der Waals surface area contributed by atoms with Gasteiger partial charge in [-0.05, 0) is 26.4 Å². The number of nitrogens with one attached hydrogen (secondary N) is 3. The molecule has 0 radical (unpaired) electrons. The Morgan fingerprint density at radius 1 is 1.38 bits per heavy atom.